The first-order valence-electron chi connectivity index (χ1n) is 6.32. The van der Waals surface area contributed by atoms with Crippen LogP contribution < -0.4 is 10.1 Å². The van der Waals surface area contributed by atoms with Crippen LogP contribution in [0.15, 0.2) is 30.3 Å². The molecule has 0 unspecified atom stereocenters. The minimum atomic E-state index is -0.453. The highest BCUT2D eigenvalue weighted by atomic mass is 16.5. The average molecular weight is 248 g/mol. The van der Waals surface area contributed by atoms with E-state index in [0.717, 1.165) is 18.8 Å². The number of carbonyl (C=O) groups is 1. The second-order valence-corrected chi connectivity index (χ2v) is 5.01. The van der Waals surface area contributed by atoms with Crippen molar-refractivity contribution < 1.29 is 9.53 Å². The van der Waals surface area contributed by atoms with Crippen molar-refractivity contribution in [2.24, 2.45) is 0 Å². The fraction of sp³-hybridized carbons (Fsp3) is 0.500. The zero-order valence-electron chi connectivity index (χ0n) is 11.0. The third-order valence-corrected chi connectivity index (χ3v) is 3.14. The van der Waals surface area contributed by atoms with Crippen molar-refractivity contribution >= 4 is 5.91 Å². The van der Waals surface area contributed by atoms with Crippen molar-refractivity contribution in [1.82, 2.24) is 10.2 Å². The van der Waals surface area contributed by atoms with Crippen molar-refractivity contribution in [3.8, 4) is 5.75 Å². The molecule has 4 nitrogen and oxygen atoms in total. The molecule has 1 saturated heterocycles. The van der Waals surface area contributed by atoms with Gasteiger partial charge >= 0.3 is 0 Å². The van der Waals surface area contributed by atoms with Crippen LogP contribution in [0.4, 0.5) is 0 Å². The molecular formula is C14H20N2O2. The Morgan fingerprint density at radius 2 is 2.06 bits per heavy atom. The summed E-state index contributed by atoms with van der Waals surface area (Å²) in [4.78, 5) is 14.0. The summed E-state index contributed by atoms with van der Waals surface area (Å²) < 4.78 is 5.61. The van der Waals surface area contributed by atoms with Crippen molar-refractivity contribution in [2.45, 2.75) is 19.4 Å². The molecule has 1 N–H and O–H groups in total. The van der Waals surface area contributed by atoms with Gasteiger partial charge in [0.15, 0.2) is 0 Å². The van der Waals surface area contributed by atoms with Crippen LogP contribution >= 0.6 is 0 Å². The highest BCUT2D eigenvalue weighted by Crippen LogP contribution is 2.13. The topological polar surface area (TPSA) is 41.6 Å². The normalized spacial score (nSPS) is 18.8. The molecule has 0 atom stereocenters. The van der Waals surface area contributed by atoms with Gasteiger partial charge in [0.1, 0.15) is 12.4 Å². The molecule has 0 saturated carbocycles. The van der Waals surface area contributed by atoms with Crippen LogP contribution in [-0.2, 0) is 4.79 Å². The van der Waals surface area contributed by atoms with E-state index in [9.17, 15) is 4.79 Å². The molecule has 18 heavy (non-hydrogen) atoms. The summed E-state index contributed by atoms with van der Waals surface area (Å²) in [6, 6.07) is 9.67. The zero-order valence-corrected chi connectivity index (χ0v) is 11.0. The molecule has 1 amide bonds. The van der Waals surface area contributed by atoms with Gasteiger partial charge in [0.25, 0.3) is 0 Å². The lowest BCUT2D eigenvalue weighted by Crippen LogP contribution is -2.61. The summed E-state index contributed by atoms with van der Waals surface area (Å²) in [6.45, 7) is 6.59. The Balaban J connectivity index is 1.82. The SMILES string of the molecule is CC1(C)NCCN(CCOc2ccccc2)C1=O. The molecule has 0 spiro atoms. The monoisotopic (exact) mass is 248 g/mol. The van der Waals surface area contributed by atoms with Gasteiger partial charge in [0.2, 0.25) is 5.91 Å². The molecule has 0 radical (unpaired) electrons. The Morgan fingerprint density at radius 1 is 1.33 bits per heavy atom. The van der Waals surface area contributed by atoms with Gasteiger partial charge in [-0.1, -0.05) is 18.2 Å². The summed E-state index contributed by atoms with van der Waals surface area (Å²) in [5, 5.41) is 3.21. The summed E-state index contributed by atoms with van der Waals surface area (Å²) in [5.74, 6) is 0.991. The number of amides is 1. The summed E-state index contributed by atoms with van der Waals surface area (Å²) >= 11 is 0. The number of rotatable bonds is 4. The van der Waals surface area contributed by atoms with Crippen LogP contribution in [0.2, 0.25) is 0 Å². The number of benzene rings is 1. The molecular weight excluding hydrogens is 228 g/mol. The van der Waals surface area contributed by atoms with Crippen molar-refractivity contribution in [1.29, 1.82) is 0 Å². The van der Waals surface area contributed by atoms with Gasteiger partial charge < -0.3 is 15.0 Å². The third kappa shape index (κ3) is 3.01. The number of carbonyl (C=O) groups excluding carboxylic acids is 1. The Kier molecular flexibility index (Phi) is 3.87. The summed E-state index contributed by atoms with van der Waals surface area (Å²) in [7, 11) is 0. The smallest absolute Gasteiger partial charge is 0.242 e. The number of nitrogens with one attached hydrogen (secondary N) is 1. The van der Waals surface area contributed by atoms with Crippen molar-refractivity contribution in [3.63, 3.8) is 0 Å². The number of ether oxygens (including phenoxy) is 1. The fourth-order valence-corrected chi connectivity index (χ4v) is 2.08. The van der Waals surface area contributed by atoms with E-state index < -0.39 is 5.54 Å². The van der Waals surface area contributed by atoms with Crippen LogP contribution in [0.3, 0.4) is 0 Å². The highest BCUT2D eigenvalue weighted by Gasteiger charge is 2.34. The number of hydrogen-bond acceptors (Lipinski definition) is 3. The van der Waals surface area contributed by atoms with Gasteiger partial charge in [-0.25, -0.2) is 0 Å². The maximum Gasteiger partial charge on any atom is 0.242 e. The second kappa shape index (κ2) is 5.40. The largest absolute Gasteiger partial charge is 0.492 e. The van der Waals surface area contributed by atoms with E-state index in [4.69, 9.17) is 4.74 Å². The van der Waals surface area contributed by atoms with E-state index >= 15 is 0 Å². The molecule has 1 aliphatic heterocycles. The second-order valence-electron chi connectivity index (χ2n) is 5.01. The first-order chi connectivity index (χ1) is 8.59. The number of nitrogens with zero attached hydrogens (tertiary/aromatic N) is 1. The standard InChI is InChI=1S/C14H20N2O2/c1-14(2)13(17)16(9-8-15-14)10-11-18-12-6-4-3-5-7-12/h3-7,15H,8-11H2,1-2H3. The Hall–Kier alpha value is -1.55. The number of piperazine rings is 1. The molecule has 1 aromatic carbocycles. The quantitative estimate of drug-likeness (QED) is 0.872. The Morgan fingerprint density at radius 3 is 2.78 bits per heavy atom. The van der Waals surface area contributed by atoms with Gasteiger partial charge in [-0.15, -0.1) is 0 Å². The molecule has 1 aromatic rings. The molecule has 0 aromatic heterocycles. The van der Waals surface area contributed by atoms with Gasteiger partial charge in [-0.3, -0.25) is 4.79 Å². The fourth-order valence-electron chi connectivity index (χ4n) is 2.08. The molecule has 98 valence electrons. The van der Waals surface area contributed by atoms with E-state index in [1.807, 2.05) is 49.1 Å². The Labute approximate surface area is 108 Å². The van der Waals surface area contributed by atoms with Crippen LogP contribution in [0.25, 0.3) is 0 Å². The molecule has 1 heterocycles. The molecule has 0 aliphatic carbocycles. The molecule has 0 bridgehead atoms. The maximum absolute atomic E-state index is 12.1. The van der Waals surface area contributed by atoms with Crippen molar-refractivity contribution in [2.75, 3.05) is 26.2 Å². The molecule has 4 heteroatoms. The average Bonchev–Trinajstić information content (AvgIpc) is 2.36. The summed E-state index contributed by atoms with van der Waals surface area (Å²) in [5.41, 5.74) is -0.453. The first-order valence-corrected chi connectivity index (χ1v) is 6.32. The van der Waals surface area contributed by atoms with Gasteiger partial charge in [-0.05, 0) is 26.0 Å². The number of para-hydroxylation sites is 1. The van der Waals surface area contributed by atoms with Crippen molar-refractivity contribution in [3.05, 3.63) is 30.3 Å². The molecule has 1 aliphatic rings. The minimum Gasteiger partial charge on any atom is -0.492 e. The lowest BCUT2D eigenvalue weighted by Gasteiger charge is -2.38. The highest BCUT2D eigenvalue weighted by molar-refractivity contribution is 5.86. The van der Waals surface area contributed by atoms with E-state index in [0.29, 0.717) is 13.2 Å². The number of hydrogen-bond donors (Lipinski definition) is 1. The van der Waals surface area contributed by atoms with Crippen LogP contribution in [0.1, 0.15) is 13.8 Å². The summed E-state index contributed by atoms with van der Waals surface area (Å²) in [6.07, 6.45) is 0. The van der Waals surface area contributed by atoms with E-state index in [2.05, 4.69) is 5.32 Å². The Bertz CT molecular complexity index is 404. The first kappa shape index (κ1) is 12.9. The lowest BCUT2D eigenvalue weighted by atomic mass is 10.0. The van der Waals surface area contributed by atoms with Gasteiger partial charge in [0.05, 0.1) is 12.1 Å². The maximum atomic E-state index is 12.1. The van der Waals surface area contributed by atoms with Gasteiger partial charge in [-0.2, -0.15) is 0 Å². The van der Waals surface area contributed by atoms with Crippen LogP contribution in [0, 0.1) is 0 Å². The van der Waals surface area contributed by atoms with E-state index in [-0.39, 0.29) is 5.91 Å². The predicted octanol–water partition coefficient (Wildman–Crippen LogP) is 1.28. The molecule has 2 rings (SSSR count). The molecule has 1 fully saturated rings. The lowest BCUT2D eigenvalue weighted by molar-refractivity contribution is -0.140. The minimum absolute atomic E-state index is 0.144. The van der Waals surface area contributed by atoms with E-state index in [1.54, 1.807) is 0 Å². The zero-order chi connectivity index (χ0) is 13.0. The van der Waals surface area contributed by atoms with Crippen LogP contribution in [0.5, 0.6) is 5.75 Å². The predicted molar refractivity (Wildman–Crippen MR) is 70.6 cm³/mol. The van der Waals surface area contributed by atoms with Gasteiger partial charge in [0, 0.05) is 13.1 Å². The third-order valence-electron chi connectivity index (χ3n) is 3.14. The van der Waals surface area contributed by atoms with Crippen LogP contribution in [-0.4, -0.2) is 42.6 Å². The van der Waals surface area contributed by atoms with E-state index in [1.165, 1.54) is 0 Å².